The van der Waals surface area contributed by atoms with Gasteiger partial charge in [0.25, 0.3) is 0 Å². The van der Waals surface area contributed by atoms with Gasteiger partial charge in [0.05, 0.1) is 38.4 Å². The van der Waals surface area contributed by atoms with E-state index in [-0.39, 0.29) is 17.9 Å². The van der Waals surface area contributed by atoms with Crippen molar-refractivity contribution in [2.45, 2.75) is 39.2 Å². The quantitative estimate of drug-likeness (QED) is 0.502. The number of aromatic nitrogens is 2. The monoisotopic (exact) mass is 425 g/mol. The second-order valence-corrected chi connectivity index (χ2v) is 7.56. The maximum Gasteiger partial charge on any atom is 0.220 e. The molecule has 1 amide bonds. The molecule has 166 valence electrons. The molecule has 2 aromatic carbocycles. The lowest BCUT2D eigenvalue weighted by Crippen LogP contribution is -2.33. The molecular formula is C24H31N3O4. The number of hydrogen-bond acceptors (Lipinski definition) is 5. The Hall–Kier alpha value is -3.22. The van der Waals surface area contributed by atoms with Gasteiger partial charge in [-0.3, -0.25) is 4.79 Å². The summed E-state index contributed by atoms with van der Waals surface area (Å²) < 4.78 is 16.3. The summed E-state index contributed by atoms with van der Waals surface area (Å²) in [6.45, 7) is 4.23. The molecule has 0 aliphatic heterocycles. The molecule has 0 aliphatic rings. The molecule has 0 fully saturated rings. The third-order valence-electron chi connectivity index (χ3n) is 5.64. The number of nitrogens with zero attached hydrogens (tertiary/aromatic N) is 1. The fourth-order valence-electron chi connectivity index (χ4n) is 3.69. The number of benzene rings is 2. The molecule has 2 N–H and O–H groups in total. The molecule has 7 nitrogen and oxygen atoms in total. The van der Waals surface area contributed by atoms with Crippen LogP contribution in [0.4, 0.5) is 0 Å². The molecule has 0 bridgehead atoms. The normalized spacial score (nSPS) is 12.9. The van der Waals surface area contributed by atoms with Crippen LogP contribution in [0, 0.1) is 5.92 Å². The van der Waals surface area contributed by atoms with E-state index in [1.54, 1.807) is 21.3 Å². The van der Waals surface area contributed by atoms with Crippen molar-refractivity contribution in [2.24, 2.45) is 5.92 Å². The summed E-state index contributed by atoms with van der Waals surface area (Å²) in [4.78, 5) is 20.9. The topological polar surface area (TPSA) is 85.5 Å². The van der Waals surface area contributed by atoms with Gasteiger partial charge < -0.3 is 24.5 Å². The van der Waals surface area contributed by atoms with Crippen molar-refractivity contribution in [1.29, 1.82) is 0 Å². The van der Waals surface area contributed by atoms with Crippen LogP contribution in [0.5, 0.6) is 17.2 Å². The summed E-state index contributed by atoms with van der Waals surface area (Å²) in [5, 5.41) is 3.17. The van der Waals surface area contributed by atoms with Crippen LogP contribution < -0.4 is 19.5 Å². The first kappa shape index (κ1) is 22.5. The zero-order valence-electron chi connectivity index (χ0n) is 18.8. The summed E-state index contributed by atoms with van der Waals surface area (Å²) in [7, 11) is 4.74. The molecule has 2 atom stereocenters. The van der Waals surface area contributed by atoms with Gasteiger partial charge in [0.2, 0.25) is 11.7 Å². The molecule has 0 radical (unpaired) electrons. The van der Waals surface area contributed by atoms with E-state index in [0.29, 0.717) is 30.1 Å². The summed E-state index contributed by atoms with van der Waals surface area (Å²) >= 11 is 0. The summed E-state index contributed by atoms with van der Waals surface area (Å²) in [5.41, 5.74) is 2.75. The van der Waals surface area contributed by atoms with Crippen molar-refractivity contribution in [3.63, 3.8) is 0 Å². The lowest BCUT2D eigenvalue weighted by Gasteiger charge is -2.22. The SMILES string of the molecule is CCC(C)C(NC(=O)CCc1ccc(OC)c(OC)c1OC)c1nc2ccccc2[nH]1. The number of aryl methyl sites for hydroxylation is 1. The highest BCUT2D eigenvalue weighted by Gasteiger charge is 2.24. The van der Waals surface area contributed by atoms with Crippen molar-refractivity contribution in [3.05, 3.63) is 47.8 Å². The Bertz CT molecular complexity index is 998. The van der Waals surface area contributed by atoms with Gasteiger partial charge in [-0.05, 0) is 36.1 Å². The first-order valence-electron chi connectivity index (χ1n) is 10.5. The molecule has 31 heavy (non-hydrogen) atoms. The Morgan fingerprint density at radius 1 is 1.06 bits per heavy atom. The number of carbonyl (C=O) groups is 1. The van der Waals surface area contributed by atoms with Crippen molar-refractivity contribution < 1.29 is 19.0 Å². The Morgan fingerprint density at radius 3 is 2.45 bits per heavy atom. The molecule has 3 aromatic rings. The first-order valence-corrected chi connectivity index (χ1v) is 10.5. The number of hydrogen-bond donors (Lipinski definition) is 2. The predicted molar refractivity (Wildman–Crippen MR) is 121 cm³/mol. The summed E-state index contributed by atoms with van der Waals surface area (Å²) in [6.07, 6.45) is 1.76. The van der Waals surface area contributed by atoms with Crippen molar-refractivity contribution >= 4 is 16.9 Å². The number of imidazole rings is 1. The molecule has 0 aliphatic carbocycles. The lowest BCUT2D eigenvalue weighted by atomic mass is 9.98. The van der Waals surface area contributed by atoms with Crippen LogP contribution in [0.1, 0.15) is 44.1 Å². The van der Waals surface area contributed by atoms with Gasteiger partial charge in [-0.2, -0.15) is 0 Å². The number of para-hydroxylation sites is 2. The lowest BCUT2D eigenvalue weighted by molar-refractivity contribution is -0.122. The van der Waals surface area contributed by atoms with E-state index in [4.69, 9.17) is 19.2 Å². The van der Waals surface area contributed by atoms with E-state index in [9.17, 15) is 4.79 Å². The third-order valence-corrected chi connectivity index (χ3v) is 5.64. The average molecular weight is 426 g/mol. The minimum Gasteiger partial charge on any atom is -0.493 e. The number of amides is 1. The van der Waals surface area contributed by atoms with E-state index in [1.807, 2.05) is 36.4 Å². The van der Waals surface area contributed by atoms with Gasteiger partial charge in [-0.1, -0.05) is 38.5 Å². The fourth-order valence-corrected chi connectivity index (χ4v) is 3.69. The Balaban J connectivity index is 1.75. The zero-order chi connectivity index (χ0) is 22.4. The highest BCUT2D eigenvalue weighted by molar-refractivity contribution is 5.78. The maximum absolute atomic E-state index is 12.9. The molecule has 0 saturated heterocycles. The number of H-pyrrole nitrogens is 1. The highest BCUT2D eigenvalue weighted by Crippen LogP contribution is 2.40. The molecule has 2 unspecified atom stereocenters. The molecule has 3 rings (SSSR count). The molecule has 0 saturated carbocycles. The number of fused-ring (bicyclic) bond motifs is 1. The van der Waals surface area contributed by atoms with E-state index in [0.717, 1.165) is 28.8 Å². The van der Waals surface area contributed by atoms with E-state index in [2.05, 4.69) is 24.1 Å². The van der Waals surface area contributed by atoms with Crippen LogP contribution in [0.2, 0.25) is 0 Å². The summed E-state index contributed by atoms with van der Waals surface area (Å²) in [5.74, 6) is 2.69. The minimum absolute atomic E-state index is 0.0393. The van der Waals surface area contributed by atoms with E-state index in [1.165, 1.54) is 0 Å². The van der Waals surface area contributed by atoms with Crippen molar-refractivity contribution in [2.75, 3.05) is 21.3 Å². The van der Waals surface area contributed by atoms with Crippen LogP contribution in [0.25, 0.3) is 11.0 Å². The number of carbonyl (C=O) groups excluding carboxylic acids is 1. The van der Waals surface area contributed by atoms with Crippen molar-refractivity contribution in [3.8, 4) is 17.2 Å². The third kappa shape index (κ3) is 4.93. The number of nitrogens with one attached hydrogen (secondary N) is 2. The van der Waals surface area contributed by atoms with Gasteiger partial charge in [-0.15, -0.1) is 0 Å². The van der Waals surface area contributed by atoms with Crippen LogP contribution in [-0.4, -0.2) is 37.2 Å². The van der Waals surface area contributed by atoms with E-state index < -0.39 is 0 Å². The Morgan fingerprint density at radius 2 is 1.81 bits per heavy atom. The van der Waals surface area contributed by atoms with Crippen LogP contribution in [-0.2, 0) is 11.2 Å². The van der Waals surface area contributed by atoms with Crippen LogP contribution >= 0.6 is 0 Å². The molecule has 7 heteroatoms. The Kier molecular flexibility index (Phi) is 7.39. The second kappa shape index (κ2) is 10.2. The predicted octanol–water partition coefficient (Wildman–Crippen LogP) is 4.42. The smallest absolute Gasteiger partial charge is 0.220 e. The minimum atomic E-state index is -0.183. The van der Waals surface area contributed by atoms with Gasteiger partial charge in [0.1, 0.15) is 5.82 Å². The Labute approximate surface area is 183 Å². The average Bonchev–Trinajstić information content (AvgIpc) is 3.23. The largest absolute Gasteiger partial charge is 0.493 e. The van der Waals surface area contributed by atoms with Gasteiger partial charge >= 0.3 is 0 Å². The number of rotatable bonds is 10. The fraction of sp³-hybridized carbons (Fsp3) is 0.417. The maximum atomic E-state index is 12.9. The number of ether oxygens (including phenoxy) is 3. The van der Waals surface area contributed by atoms with Crippen molar-refractivity contribution in [1.82, 2.24) is 15.3 Å². The van der Waals surface area contributed by atoms with Crippen LogP contribution in [0.3, 0.4) is 0 Å². The van der Waals surface area contributed by atoms with Gasteiger partial charge in [0, 0.05) is 6.42 Å². The molecule has 1 heterocycles. The van der Waals surface area contributed by atoms with Crippen LogP contribution in [0.15, 0.2) is 36.4 Å². The first-order chi connectivity index (χ1) is 15.0. The molecular weight excluding hydrogens is 394 g/mol. The van der Waals surface area contributed by atoms with Gasteiger partial charge in [0.15, 0.2) is 11.5 Å². The highest BCUT2D eigenvalue weighted by atomic mass is 16.5. The standard InChI is InChI=1S/C24H31N3O4/c1-6-15(2)21(24-25-17-9-7-8-10-18(17)26-24)27-20(28)14-12-16-11-13-19(29-3)23(31-5)22(16)30-4/h7-11,13,15,21H,6,12,14H2,1-5H3,(H,25,26)(H,27,28). The van der Waals surface area contributed by atoms with Gasteiger partial charge in [-0.25, -0.2) is 4.98 Å². The number of aromatic amines is 1. The molecule has 1 aromatic heterocycles. The summed E-state index contributed by atoms with van der Waals surface area (Å²) in [6, 6.07) is 11.4. The zero-order valence-corrected chi connectivity index (χ0v) is 18.8. The number of methoxy groups -OCH3 is 3. The molecule has 0 spiro atoms. The second-order valence-electron chi connectivity index (χ2n) is 7.56. The van der Waals surface area contributed by atoms with E-state index >= 15 is 0 Å².